The van der Waals surface area contributed by atoms with Gasteiger partial charge in [0.25, 0.3) is 0 Å². The Kier molecular flexibility index (Phi) is 6.32. The lowest BCUT2D eigenvalue weighted by atomic mass is 10.1. The Morgan fingerprint density at radius 2 is 1.90 bits per heavy atom. The van der Waals surface area contributed by atoms with Crippen LogP contribution < -0.4 is 20.4 Å². The molecule has 30 heavy (non-hydrogen) atoms. The number of amides is 2. The van der Waals surface area contributed by atoms with Crippen LogP contribution in [0.15, 0.2) is 36.7 Å². The van der Waals surface area contributed by atoms with E-state index in [0.29, 0.717) is 24.7 Å². The van der Waals surface area contributed by atoms with Crippen molar-refractivity contribution in [3.8, 4) is 0 Å². The van der Waals surface area contributed by atoms with E-state index in [0.717, 1.165) is 30.4 Å². The van der Waals surface area contributed by atoms with Crippen LogP contribution in [0.1, 0.15) is 19.3 Å². The minimum Gasteiger partial charge on any atom is -0.368 e. The summed E-state index contributed by atoms with van der Waals surface area (Å²) in [5.41, 5.74) is 0.763. The number of halogens is 1. The summed E-state index contributed by atoms with van der Waals surface area (Å²) in [4.78, 5) is 37.3. The average molecular weight is 429 g/mol. The average Bonchev–Trinajstić information content (AvgIpc) is 3.42. The molecule has 1 aromatic heterocycles. The molecule has 1 atom stereocenters. The molecule has 0 radical (unpaired) electrons. The van der Waals surface area contributed by atoms with Crippen LogP contribution in [0, 0.1) is 5.92 Å². The van der Waals surface area contributed by atoms with Crippen LogP contribution in [0.2, 0.25) is 5.02 Å². The molecule has 2 N–H and O–H groups in total. The lowest BCUT2D eigenvalue weighted by Crippen LogP contribution is -2.35. The number of hydrogen-bond donors (Lipinski definition) is 2. The molecule has 0 saturated carbocycles. The molecule has 158 valence electrons. The second-order valence-electron chi connectivity index (χ2n) is 7.56. The predicted molar refractivity (Wildman–Crippen MR) is 117 cm³/mol. The van der Waals surface area contributed by atoms with Crippen molar-refractivity contribution >= 4 is 40.7 Å². The van der Waals surface area contributed by atoms with E-state index >= 15 is 0 Å². The monoisotopic (exact) mass is 428 g/mol. The third kappa shape index (κ3) is 4.81. The second-order valence-corrected chi connectivity index (χ2v) is 7.99. The fourth-order valence-corrected chi connectivity index (χ4v) is 3.96. The number of aromatic nitrogens is 2. The fourth-order valence-electron chi connectivity index (χ4n) is 3.84. The van der Waals surface area contributed by atoms with Crippen LogP contribution in [0.4, 0.5) is 17.3 Å². The van der Waals surface area contributed by atoms with Crippen LogP contribution in [-0.4, -0.2) is 54.5 Å². The van der Waals surface area contributed by atoms with Crippen molar-refractivity contribution < 1.29 is 9.59 Å². The van der Waals surface area contributed by atoms with Gasteiger partial charge in [0.15, 0.2) is 0 Å². The molecular formula is C21H25ClN6O2. The molecule has 9 heteroatoms. The Labute approximate surface area is 180 Å². The van der Waals surface area contributed by atoms with Gasteiger partial charge in [-0.1, -0.05) is 11.6 Å². The van der Waals surface area contributed by atoms with Crippen LogP contribution in [0.5, 0.6) is 0 Å². The predicted octanol–water partition coefficient (Wildman–Crippen LogP) is 2.31. The molecule has 2 fully saturated rings. The largest absolute Gasteiger partial charge is 0.368 e. The van der Waals surface area contributed by atoms with Gasteiger partial charge in [-0.3, -0.25) is 9.59 Å². The number of hydrogen-bond acceptors (Lipinski definition) is 6. The third-order valence-electron chi connectivity index (χ3n) is 5.45. The zero-order chi connectivity index (χ0) is 20.9. The van der Waals surface area contributed by atoms with Crippen LogP contribution in [0.3, 0.4) is 0 Å². The van der Waals surface area contributed by atoms with E-state index in [1.165, 1.54) is 12.8 Å². The highest BCUT2D eigenvalue weighted by atomic mass is 35.5. The molecule has 0 spiro atoms. The molecule has 2 aliphatic heterocycles. The quantitative estimate of drug-likeness (QED) is 0.658. The van der Waals surface area contributed by atoms with Crippen molar-refractivity contribution in [3.63, 3.8) is 0 Å². The molecule has 2 aromatic rings. The zero-order valence-corrected chi connectivity index (χ0v) is 17.4. The summed E-state index contributed by atoms with van der Waals surface area (Å²) in [5.74, 6) is 1.16. The van der Waals surface area contributed by atoms with Gasteiger partial charge in [-0.05, 0) is 37.1 Å². The Morgan fingerprint density at radius 3 is 2.67 bits per heavy atom. The van der Waals surface area contributed by atoms with Gasteiger partial charge in [0, 0.05) is 55.9 Å². The maximum atomic E-state index is 12.5. The second kappa shape index (κ2) is 9.30. The van der Waals surface area contributed by atoms with Gasteiger partial charge in [-0.15, -0.1) is 0 Å². The molecule has 8 nitrogen and oxygen atoms in total. The Morgan fingerprint density at radius 1 is 1.13 bits per heavy atom. The number of benzene rings is 1. The van der Waals surface area contributed by atoms with Crippen LogP contribution in [-0.2, 0) is 9.59 Å². The highest BCUT2D eigenvalue weighted by Crippen LogP contribution is 2.26. The molecule has 3 heterocycles. The first kappa shape index (κ1) is 20.4. The molecular weight excluding hydrogens is 404 g/mol. The number of nitrogens with zero attached hydrogens (tertiary/aromatic N) is 4. The van der Waals surface area contributed by atoms with Crippen molar-refractivity contribution in [2.75, 3.05) is 47.8 Å². The fraction of sp³-hybridized carbons (Fsp3) is 0.429. The summed E-state index contributed by atoms with van der Waals surface area (Å²) < 4.78 is 0. The van der Waals surface area contributed by atoms with E-state index < -0.39 is 0 Å². The summed E-state index contributed by atoms with van der Waals surface area (Å²) >= 11 is 5.91. The number of anilines is 3. The van der Waals surface area contributed by atoms with E-state index in [-0.39, 0.29) is 24.2 Å². The van der Waals surface area contributed by atoms with E-state index in [1.54, 1.807) is 35.5 Å². The molecule has 2 amide bonds. The lowest BCUT2D eigenvalue weighted by Gasteiger charge is -2.17. The smallest absolute Gasteiger partial charge is 0.227 e. The standard InChI is InChI=1S/C21H25ClN6O2/c22-16-3-5-17(6-4-16)28-13-15(11-20(28)29)21(30)24-8-7-23-18-12-19(26-14-25-18)27-9-1-2-10-27/h3-6,12,14-15H,1-2,7-11,13H2,(H,24,30)(H,23,25,26). The van der Waals surface area contributed by atoms with Gasteiger partial charge < -0.3 is 20.4 Å². The Hall–Kier alpha value is -2.87. The molecule has 2 saturated heterocycles. The molecule has 1 unspecified atom stereocenters. The van der Waals surface area contributed by atoms with E-state index in [9.17, 15) is 9.59 Å². The van der Waals surface area contributed by atoms with Gasteiger partial charge in [-0.2, -0.15) is 0 Å². The molecule has 1 aromatic carbocycles. The minimum absolute atomic E-state index is 0.0500. The molecule has 2 aliphatic rings. The van der Waals surface area contributed by atoms with Gasteiger partial charge in [0.1, 0.15) is 18.0 Å². The first-order chi connectivity index (χ1) is 14.6. The van der Waals surface area contributed by atoms with Crippen LogP contribution in [0.25, 0.3) is 0 Å². The van der Waals surface area contributed by atoms with Gasteiger partial charge in [0.2, 0.25) is 11.8 Å². The summed E-state index contributed by atoms with van der Waals surface area (Å²) in [6, 6.07) is 9.01. The van der Waals surface area contributed by atoms with E-state index in [1.807, 2.05) is 6.07 Å². The van der Waals surface area contributed by atoms with Crippen molar-refractivity contribution in [2.45, 2.75) is 19.3 Å². The van der Waals surface area contributed by atoms with Crippen molar-refractivity contribution in [1.29, 1.82) is 0 Å². The Balaban J connectivity index is 1.23. The SMILES string of the molecule is O=C(NCCNc1cc(N2CCCC2)ncn1)C1CC(=O)N(c2ccc(Cl)cc2)C1. The molecule has 0 bridgehead atoms. The summed E-state index contributed by atoms with van der Waals surface area (Å²) in [6.45, 7) is 3.43. The zero-order valence-electron chi connectivity index (χ0n) is 16.7. The molecule has 4 rings (SSSR count). The highest BCUT2D eigenvalue weighted by Gasteiger charge is 2.34. The summed E-state index contributed by atoms with van der Waals surface area (Å²) in [7, 11) is 0. The van der Waals surface area contributed by atoms with Crippen molar-refractivity contribution in [1.82, 2.24) is 15.3 Å². The Bertz CT molecular complexity index is 901. The number of nitrogens with one attached hydrogen (secondary N) is 2. The number of carbonyl (C=O) groups excluding carboxylic acids is 2. The highest BCUT2D eigenvalue weighted by molar-refractivity contribution is 6.30. The number of rotatable bonds is 7. The maximum Gasteiger partial charge on any atom is 0.227 e. The summed E-state index contributed by atoms with van der Waals surface area (Å²) in [5, 5.41) is 6.75. The van der Waals surface area contributed by atoms with Gasteiger partial charge in [-0.25, -0.2) is 9.97 Å². The number of carbonyl (C=O) groups is 2. The third-order valence-corrected chi connectivity index (χ3v) is 5.70. The van der Waals surface area contributed by atoms with Gasteiger partial charge >= 0.3 is 0 Å². The lowest BCUT2D eigenvalue weighted by molar-refractivity contribution is -0.126. The van der Waals surface area contributed by atoms with Crippen molar-refractivity contribution in [2.24, 2.45) is 5.92 Å². The maximum absolute atomic E-state index is 12.5. The first-order valence-electron chi connectivity index (χ1n) is 10.2. The minimum atomic E-state index is -0.353. The summed E-state index contributed by atoms with van der Waals surface area (Å²) in [6.07, 6.45) is 4.16. The molecule has 0 aliphatic carbocycles. The topological polar surface area (TPSA) is 90.5 Å². The van der Waals surface area contributed by atoms with Gasteiger partial charge in [0.05, 0.1) is 5.92 Å². The van der Waals surface area contributed by atoms with E-state index in [2.05, 4.69) is 25.5 Å². The van der Waals surface area contributed by atoms with E-state index in [4.69, 9.17) is 11.6 Å². The normalized spacial score (nSPS) is 18.7. The van der Waals surface area contributed by atoms with Crippen LogP contribution >= 0.6 is 11.6 Å². The first-order valence-corrected chi connectivity index (χ1v) is 10.6. The van der Waals surface area contributed by atoms with Crippen molar-refractivity contribution in [3.05, 3.63) is 41.7 Å².